The Bertz CT molecular complexity index is 515. The Balaban J connectivity index is 2.50. The van der Waals surface area contributed by atoms with Crippen LogP contribution in [0.4, 0.5) is 0 Å². The molecule has 0 bridgehead atoms. The topological polar surface area (TPSA) is 26.0 Å². The van der Waals surface area contributed by atoms with Gasteiger partial charge in [-0.1, -0.05) is 35.9 Å². The van der Waals surface area contributed by atoms with Crippen LogP contribution in [-0.4, -0.2) is 0 Å². The molecule has 0 heterocycles. The van der Waals surface area contributed by atoms with Crippen molar-refractivity contribution in [2.75, 3.05) is 0 Å². The minimum atomic E-state index is 0.0571. The predicted octanol–water partition coefficient (Wildman–Crippen LogP) is 4.34. The fraction of sp³-hybridized carbons (Fsp3) is 0.200. The van der Waals surface area contributed by atoms with Crippen molar-refractivity contribution in [1.82, 2.24) is 0 Å². The molecule has 17 heavy (non-hydrogen) atoms. The Morgan fingerprint density at radius 2 is 1.71 bits per heavy atom. The summed E-state index contributed by atoms with van der Waals surface area (Å²) in [5, 5.41) is 0.759. The van der Waals surface area contributed by atoms with Gasteiger partial charge in [0.2, 0.25) is 0 Å². The monoisotopic (exact) mass is 245 g/mol. The number of nitrogens with two attached hydrogens (primary N) is 1. The lowest BCUT2D eigenvalue weighted by Crippen LogP contribution is -2.05. The maximum absolute atomic E-state index is 5.91. The highest BCUT2D eigenvalue weighted by Gasteiger charge is 2.05. The third kappa shape index (κ3) is 2.68. The fourth-order valence-electron chi connectivity index (χ4n) is 1.86. The first-order valence-electron chi connectivity index (χ1n) is 5.70. The first-order chi connectivity index (χ1) is 8.08. The fourth-order valence-corrected chi connectivity index (χ4v) is 1.99. The van der Waals surface area contributed by atoms with Crippen LogP contribution >= 0.6 is 11.6 Å². The van der Waals surface area contributed by atoms with E-state index in [-0.39, 0.29) is 6.04 Å². The van der Waals surface area contributed by atoms with Crippen LogP contribution < -0.4 is 5.73 Å². The molecular formula is C15H16ClN. The van der Waals surface area contributed by atoms with Crippen LogP contribution in [0.1, 0.15) is 24.1 Å². The number of halogens is 1. The van der Waals surface area contributed by atoms with E-state index in [2.05, 4.69) is 25.1 Å². The number of benzene rings is 2. The van der Waals surface area contributed by atoms with Gasteiger partial charge in [0, 0.05) is 11.1 Å². The first-order valence-corrected chi connectivity index (χ1v) is 6.08. The average Bonchev–Trinajstić information content (AvgIpc) is 2.31. The zero-order valence-electron chi connectivity index (χ0n) is 10.1. The first kappa shape index (κ1) is 12.2. The molecule has 2 aromatic rings. The molecule has 0 aromatic heterocycles. The van der Waals surface area contributed by atoms with E-state index in [1.54, 1.807) is 0 Å². The van der Waals surface area contributed by atoms with E-state index in [1.165, 1.54) is 16.7 Å². The largest absolute Gasteiger partial charge is 0.324 e. The second kappa shape index (κ2) is 4.91. The van der Waals surface area contributed by atoms with Crippen molar-refractivity contribution in [2.45, 2.75) is 19.9 Å². The van der Waals surface area contributed by atoms with Crippen molar-refractivity contribution in [3.05, 3.63) is 58.6 Å². The van der Waals surface area contributed by atoms with Crippen LogP contribution in [0.3, 0.4) is 0 Å². The summed E-state index contributed by atoms with van der Waals surface area (Å²) in [5.41, 5.74) is 10.7. The molecule has 0 radical (unpaired) electrons. The lowest BCUT2D eigenvalue weighted by atomic mass is 9.96. The molecule has 1 unspecified atom stereocenters. The Morgan fingerprint density at radius 1 is 1.06 bits per heavy atom. The van der Waals surface area contributed by atoms with Gasteiger partial charge in [-0.25, -0.2) is 0 Å². The van der Waals surface area contributed by atoms with E-state index >= 15 is 0 Å². The number of aryl methyl sites for hydroxylation is 1. The standard InChI is InChI=1S/C15H16ClN/c1-10-3-4-13(11(2)17)9-15(10)12-5-7-14(16)8-6-12/h3-9,11H,17H2,1-2H3. The van der Waals surface area contributed by atoms with Crippen LogP contribution in [-0.2, 0) is 0 Å². The number of hydrogen-bond acceptors (Lipinski definition) is 1. The molecule has 88 valence electrons. The van der Waals surface area contributed by atoms with Gasteiger partial charge in [0.05, 0.1) is 0 Å². The van der Waals surface area contributed by atoms with Gasteiger partial charge < -0.3 is 5.73 Å². The second-order valence-electron chi connectivity index (χ2n) is 4.37. The summed E-state index contributed by atoms with van der Waals surface area (Å²) >= 11 is 5.90. The lowest BCUT2D eigenvalue weighted by molar-refractivity contribution is 0.818. The molecule has 0 aliphatic heterocycles. The molecule has 1 nitrogen and oxygen atoms in total. The molecule has 0 spiro atoms. The summed E-state index contributed by atoms with van der Waals surface area (Å²) in [7, 11) is 0. The van der Waals surface area contributed by atoms with E-state index in [9.17, 15) is 0 Å². The van der Waals surface area contributed by atoms with Crippen LogP contribution in [0.2, 0.25) is 5.02 Å². The summed E-state index contributed by atoms with van der Waals surface area (Å²) in [6.07, 6.45) is 0. The number of hydrogen-bond donors (Lipinski definition) is 1. The van der Waals surface area contributed by atoms with Gasteiger partial charge in [0.15, 0.2) is 0 Å². The van der Waals surface area contributed by atoms with Gasteiger partial charge in [-0.05, 0) is 54.3 Å². The minimum Gasteiger partial charge on any atom is -0.324 e. The molecule has 2 heteroatoms. The molecule has 0 fully saturated rings. The van der Waals surface area contributed by atoms with E-state index in [1.807, 2.05) is 31.2 Å². The lowest BCUT2D eigenvalue weighted by Gasteiger charge is -2.11. The zero-order valence-corrected chi connectivity index (χ0v) is 10.8. The highest BCUT2D eigenvalue weighted by molar-refractivity contribution is 6.30. The number of rotatable bonds is 2. The van der Waals surface area contributed by atoms with Gasteiger partial charge in [-0.2, -0.15) is 0 Å². The Morgan fingerprint density at radius 3 is 2.29 bits per heavy atom. The summed E-state index contributed by atoms with van der Waals surface area (Å²) in [6, 6.07) is 14.3. The van der Waals surface area contributed by atoms with Gasteiger partial charge in [-0.3, -0.25) is 0 Å². The normalized spacial score (nSPS) is 12.5. The van der Waals surface area contributed by atoms with Crippen LogP contribution in [0.25, 0.3) is 11.1 Å². The second-order valence-corrected chi connectivity index (χ2v) is 4.81. The highest BCUT2D eigenvalue weighted by atomic mass is 35.5. The smallest absolute Gasteiger partial charge is 0.0406 e. The van der Waals surface area contributed by atoms with Crippen LogP contribution in [0.5, 0.6) is 0 Å². The predicted molar refractivity (Wildman–Crippen MR) is 74.2 cm³/mol. The van der Waals surface area contributed by atoms with E-state index in [4.69, 9.17) is 17.3 Å². The molecule has 0 saturated heterocycles. The Labute approximate surface area is 107 Å². The third-order valence-electron chi connectivity index (χ3n) is 2.94. The summed E-state index contributed by atoms with van der Waals surface area (Å²) in [4.78, 5) is 0. The summed E-state index contributed by atoms with van der Waals surface area (Å²) in [6.45, 7) is 4.10. The SMILES string of the molecule is Cc1ccc(C(C)N)cc1-c1ccc(Cl)cc1. The molecule has 2 rings (SSSR count). The molecule has 2 N–H and O–H groups in total. The molecule has 1 atom stereocenters. The van der Waals surface area contributed by atoms with Gasteiger partial charge in [0.1, 0.15) is 0 Å². The maximum Gasteiger partial charge on any atom is 0.0406 e. The van der Waals surface area contributed by atoms with Crippen molar-refractivity contribution >= 4 is 11.6 Å². The van der Waals surface area contributed by atoms with Gasteiger partial charge in [-0.15, -0.1) is 0 Å². The Kier molecular flexibility index (Phi) is 3.51. The average molecular weight is 246 g/mol. The Hall–Kier alpha value is -1.31. The quantitative estimate of drug-likeness (QED) is 0.837. The molecule has 0 amide bonds. The zero-order chi connectivity index (χ0) is 12.4. The molecule has 0 aliphatic carbocycles. The van der Waals surface area contributed by atoms with E-state index in [0.29, 0.717) is 0 Å². The molecule has 0 saturated carbocycles. The van der Waals surface area contributed by atoms with Crippen molar-refractivity contribution in [3.8, 4) is 11.1 Å². The minimum absolute atomic E-state index is 0.0571. The van der Waals surface area contributed by atoms with E-state index < -0.39 is 0 Å². The molecular weight excluding hydrogens is 230 g/mol. The van der Waals surface area contributed by atoms with Crippen LogP contribution in [0.15, 0.2) is 42.5 Å². The molecule has 0 aliphatic rings. The van der Waals surface area contributed by atoms with Gasteiger partial charge in [0.25, 0.3) is 0 Å². The highest BCUT2D eigenvalue weighted by Crippen LogP contribution is 2.27. The maximum atomic E-state index is 5.91. The summed E-state index contributed by atoms with van der Waals surface area (Å²) < 4.78 is 0. The molecule has 2 aromatic carbocycles. The van der Waals surface area contributed by atoms with Crippen molar-refractivity contribution < 1.29 is 0 Å². The van der Waals surface area contributed by atoms with Crippen molar-refractivity contribution in [3.63, 3.8) is 0 Å². The van der Waals surface area contributed by atoms with Gasteiger partial charge >= 0.3 is 0 Å². The van der Waals surface area contributed by atoms with Crippen LogP contribution in [0, 0.1) is 6.92 Å². The van der Waals surface area contributed by atoms with E-state index in [0.717, 1.165) is 10.6 Å². The van der Waals surface area contributed by atoms with Crippen molar-refractivity contribution in [1.29, 1.82) is 0 Å². The van der Waals surface area contributed by atoms with Crippen molar-refractivity contribution in [2.24, 2.45) is 5.73 Å². The summed E-state index contributed by atoms with van der Waals surface area (Å²) in [5.74, 6) is 0. The third-order valence-corrected chi connectivity index (χ3v) is 3.19.